The first kappa shape index (κ1) is 8.27. The first-order valence-electron chi connectivity index (χ1n) is 3.66. The second-order valence-corrected chi connectivity index (χ2v) is 2.76. The van der Waals surface area contributed by atoms with Gasteiger partial charge >= 0.3 is 5.97 Å². The molecule has 1 rings (SSSR count). The molecular formula is C8H12O3. The van der Waals surface area contributed by atoms with Crippen LogP contribution in [0.15, 0.2) is 12.7 Å². The van der Waals surface area contributed by atoms with Crippen LogP contribution in [0, 0.1) is 5.92 Å². The summed E-state index contributed by atoms with van der Waals surface area (Å²) in [5.41, 5.74) is 0. The molecule has 1 heterocycles. The summed E-state index contributed by atoms with van der Waals surface area (Å²) in [7, 11) is 0. The number of aliphatic hydroxyl groups is 1. The highest BCUT2D eigenvalue weighted by Gasteiger charge is 2.39. The smallest absolute Gasteiger partial charge is 0.312 e. The number of hydrogen-bond donors (Lipinski definition) is 1. The Bertz CT molecular complexity index is 176. The third-order valence-electron chi connectivity index (χ3n) is 1.92. The van der Waals surface area contributed by atoms with Crippen molar-refractivity contribution >= 4 is 5.97 Å². The maximum Gasteiger partial charge on any atom is 0.312 e. The van der Waals surface area contributed by atoms with Crippen molar-refractivity contribution in [3.63, 3.8) is 0 Å². The minimum atomic E-state index is -0.666. The molecule has 0 bridgehead atoms. The van der Waals surface area contributed by atoms with Crippen molar-refractivity contribution in [1.29, 1.82) is 0 Å². The van der Waals surface area contributed by atoms with Crippen LogP contribution in [-0.4, -0.2) is 23.3 Å². The van der Waals surface area contributed by atoms with Gasteiger partial charge < -0.3 is 9.84 Å². The zero-order valence-corrected chi connectivity index (χ0v) is 6.49. The van der Waals surface area contributed by atoms with E-state index in [-0.39, 0.29) is 12.1 Å². The van der Waals surface area contributed by atoms with Gasteiger partial charge in [-0.1, -0.05) is 6.08 Å². The van der Waals surface area contributed by atoms with Crippen molar-refractivity contribution in [2.75, 3.05) is 0 Å². The van der Waals surface area contributed by atoms with E-state index in [0.29, 0.717) is 6.42 Å². The summed E-state index contributed by atoms with van der Waals surface area (Å²) in [6.45, 7) is 5.19. The Morgan fingerprint density at radius 3 is 2.82 bits per heavy atom. The molecule has 3 heteroatoms. The van der Waals surface area contributed by atoms with Crippen molar-refractivity contribution in [1.82, 2.24) is 0 Å². The highest BCUT2D eigenvalue weighted by Crippen LogP contribution is 2.24. The first-order chi connectivity index (χ1) is 5.16. The van der Waals surface area contributed by atoms with Crippen molar-refractivity contribution in [2.45, 2.75) is 25.6 Å². The quantitative estimate of drug-likeness (QED) is 0.467. The molecule has 0 unspecified atom stereocenters. The predicted octanol–water partition coefficient (Wildman–Crippen LogP) is 0.485. The summed E-state index contributed by atoms with van der Waals surface area (Å²) in [4.78, 5) is 11.0. The summed E-state index contributed by atoms with van der Waals surface area (Å²) < 4.78 is 4.80. The minimum absolute atomic E-state index is 0.315. The van der Waals surface area contributed by atoms with Crippen molar-refractivity contribution in [3.8, 4) is 0 Å². The van der Waals surface area contributed by atoms with E-state index in [1.54, 1.807) is 13.0 Å². The van der Waals surface area contributed by atoms with Gasteiger partial charge in [0.15, 0.2) is 0 Å². The molecule has 11 heavy (non-hydrogen) atoms. The Morgan fingerprint density at radius 1 is 1.82 bits per heavy atom. The molecule has 3 nitrogen and oxygen atoms in total. The molecule has 1 aliphatic rings. The maximum atomic E-state index is 11.0. The second-order valence-electron chi connectivity index (χ2n) is 2.76. The minimum Gasteiger partial charge on any atom is -0.460 e. The average molecular weight is 156 g/mol. The van der Waals surface area contributed by atoms with E-state index in [4.69, 9.17) is 4.74 Å². The molecular weight excluding hydrogens is 144 g/mol. The molecule has 0 radical (unpaired) electrons. The van der Waals surface area contributed by atoms with Crippen LogP contribution in [0.4, 0.5) is 0 Å². The number of aliphatic hydroxyl groups excluding tert-OH is 1. The van der Waals surface area contributed by atoms with E-state index < -0.39 is 12.0 Å². The van der Waals surface area contributed by atoms with Crippen LogP contribution < -0.4 is 0 Å². The van der Waals surface area contributed by atoms with Gasteiger partial charge in [-0.05, 0) is 13.3 Å². The Hall–Kier alpha value is -0.830. The molecule has 0 spiro atoms. The van der Waals surface area contributed by atoms with E-state index in [1.165, 1.54) is 0 Å². The van der Waals surface area contributed by atoms with Gasteiger partial charge in [-0.25, -0.2) is 0 Å². The summed E-state index contributed by atoms with van der Waals surface area (Å²) in [5, 5.41) is 9.37. The van der Waals surface area contributed by atoms with Gasteiger partial charge in [0, 0.05) is 0 Å². The number of esters is 1. The highest BCUT2D eigenvalue weighted by molar-refractivity contribution is 5.75. The molecule has 0 aromatic carbocycles. The molecule has 0 aliphatic carbocycles. The first-order valence-corrected chi connectivity index (χ1v) is 3.66. The third-order valence-corrected chi connectivity index (χ3v) is 1.92. The summed E-state index contributed by atoms with van der Waals surface area (Å²) in [6.07, 6.45) is 1.07. The number of cyclic esters (lactones) is 1. The molecule has 1 saturated heterocycles. The molecule has 0 aromatic heterocycles. The number of hydrogen-bond acceptors (Lipinski definition) is 3. The van der Waals surface area contributed by atoms with Gasteiger partial charge in [-0.15, -0.1) is 6.58 Å². The van der Waals surface area contributed by atoms with Gasteiger partial charge in [0.1, 0.15) is 12.2 Å². The average Bonchev–Trinajstić information content (AvgIpc) is 2.17. The predicted molar refractivity (Wildman–Crippen MR) is 39.9 cm³/mol. The molecule has 1 N–H and O–H groups in total. The Morgan fingerprint density at radius 2 is 2.45 bits per heavy atom. The lowest BCUT2D eigenvalue weighted by Gasteiger charge is -2.08. The van der Waals surface area contributed by atoms with Gasteiger partial charge in [-0.3, -0.25) is 4.79 Å². The van der Waals surface area contributed by atoms with Crippen LogP contribution in [-0.2, 0) is 9.53 Å². The van der Waals surface area contributed by atoms with Crippen molar-refractivity contribution in [2.24, 2.45) is 5.92 Å². The SMILES string of the molecule is C=CC[C@H]1C(=O)O[C@@H](C)[C@@H]1O. The van der Waals surface area contributed by atoms with Crippen molar-refractivity contribution < 1.29 is 14.6 Å². The van der Waals surface area contributed by atoms with Crippen LogP contribution >= 0.6 is 0 Å². The molecule has 0 amide bonds. The number of allylic oxidation sites excluding steroid dienone is 1. The van der Waals surface area contributed by atoms with Gasteiger partial charge in [-0.2, -0.15) is 0 Å². The largest absolute Gasteiger partial charge is 0.460 e. The van der Waals surface area contributed by atoms with E-state index in [9.17, 15) is 9.90 Å². The zero-order valence-electron chi connectivity index (χ0n) is 6.49. The highest BCUT2D eigenvalue weighted by atomic mass is 16.6. The van der Waals surface area contributed by atoms with E-state index in [2.05, 4.69) is 6.58 Å². The Kier molecular flexibility index (Phi) is 2.29. The van der Waals surface area contributed by atoms with Gasteiger partial charge in [0.05, 0.1) is 5.92 Å². The second kappa shape index (κ2) is 3.05. The normalized spacial score (nSPS) is 36.9. The number of carbonyl (C=O) groups excluding carboxylic acids is 1. The van der Waals surface area contributed by atoms with E-state index >= 15 is 0 Å². The lowest BCUT2D eigenvalue weighted by atomic mass is 9.99. The summed E-state index contributed by atoms with van der Waals surface area (Å²) in [6, 6.07) is 0. The van der Waals surface area contributed by atoms with Crippen LogP contribution in [0.25, 0.3) is 0 Å². The van der Waals surface area contributed by atoms with Crippen LogP contribution in [0.1, 0.15) is 13.3 Å². The molecule has 3 atom stereocenters. The molecule has 62 valence electrons. The lowest BCUT2D eigenvalue weighted by Crippen LogP contribution is -2.24. The van der Waals surface area contributed by atoms with Crippen LogP contribution in [0.3, 0.4) is 0 Å². The summed E-state index contributed by atoms with van der Waals surface area (Å²) in [5.74, 6) is -0.715. The Labute approximate surface area is 65.7 Å². The fourth-order valence-electron chi connectivity index (χ4n) is 1.22. The Balaban J connectivity index is 2.63. The standard InChI is InChI=1S/C8H12O3/c1-3-4-6-7(9)5(2)11-8(6)10/h3,5-7,9H,1,4H2,2H3/t5-,6+,7-/m0/s1. The topological polar surface area (TPSA) is 46.5 Å². The number of rotatable bonds is 2. The summed E-state index contributed by atoms with van der Waals surface area (Å²) >= 11 is 0. The number of carbonyl (C=O) groups is 1. The van der Waals surface area contributed by atoms with E-state index in [0.717, 1.165) is 0 Å². The van der Waals surface area contributed by atoms with Gasteiger partial charge in [0.25, 0.3) is 0 Å². The molecule has 1 aliphatic heterocycles. The van der Waals surface area contributed by atoms with Crippen LogP contribution in [0.2, 0.25) is 0 Å². The molecule has 0 aromatic rings. The molecule has 1 fully saturated rings. The fraction of sp³-hybridized carbons (Fsp3) is 0.625. The molecule has 0 saturated carbocycles. The monoisotopic (exact) mass is 156 g/mol. The third kappa shape index (κ3) is 1.43. The fourth-order valence-corrected chi connectivity index (χ4v) is 1.22. The maximum absolute atomic E-state index is 11.0. The van der Waals surface area contributed by atoms with Crippen LogP contribution in [0.5, 0.6) is 0 Å². The van der Waals surface area contributed by atoms with Gasteiger partial charge in [0.2, 0.25) is 0 Å². The lowest BCUT2D eigenvalue weighted by molar-refractivity contribution is -0.143. The van der Waals surface area contributed by atoms with E-state index in [1.807, 2.05) is 0 Å². The zero-order chi connectivity index (χ0) is 8.43. The number of ether oxygens (including phenoxy) is 1. The van der Waals surface area contributed by atoms with Crippen molar-refractivity contribution in [3.05, 3.63) is 12.7 Å².